The average molecular weight is 235 g/mol. The minimum atomic E-state index is -0.102. The van der Waals surface area contributed by atoms with Crippen LogP contribution in [0.15, 0.2) is 24.3 Å². The van der Waals surface area contributed by atoms with Crippen molar-refractivity contribution in [2.75, 3.05) is 5.06 Å². The van der Waals surface area contributed by atoms with Gasteiger partial charge in [0.25, 0.3) is 5.91 Å². The topological polar surface area (TPSA) is 49.8 Å². The lowest BCUT2D eigenvalue weighted by Gasteiger charge is -2.20. The quantitative estimate of drug-likeness (QED) is 0.870. The zero-order valence-electron chi connectivity index (χ0n) is 10.1. The molecule has 1 saturated heterocycles. The van der Waals surface area contributed by atoms with Gasteiger partial charge >= 0.3 is 0 Å². The minimum Gasteiger partial charge on any atom is -0.392 e. The summed E-state index contributed by atoms with van der Waals surface area (Å²) >= 11 is 0. The Labute approximate surface area is 101 Å². The van der Waals surface area contributed by atoms with Crippen LogP contribution in [-0.2, 0) is 16.2 Å². The van der Waals surface area contributed by atoms with E-state index in [1.807, 2.05) is 26.0 Å². The highest BCUT2D eigenvalue weighted by Crippen LogP contribution is 2.29. The lowest BCUT2D eigenvalue weighted by atomic mass is 10.1. The number of aliphatic hydroxyl groups is 1. The van der Waals surface area contributed by atoms with Gasteiger partial charge in [-0.15, -0.1) is 0 Å². The first-order chi connectivity index (χ1) is 8.13. The van der Waals surface area contributed by atoms with Gasteiger partial charge in [-0.25, -0.2) is 0 Å². The Balaban J connectivity index is 2.26. The molecule has 0 spiro atoms. The molecular weight excluding hydrogens is 218 g/mol. The fraction of sp³-hybridized carbons (Fsp3) is 0.462. The number of hydrogen-bond acceptors (Lipinski definition) is 3. The number of carbonyl (C=O) groups is 1. The molecule has 4 nitrogen and oxygen atoms in total. The lowest BCUT2D eigenvalue weighted by molar-refractivity contribution is -0.119. The normalized spacial score (nSPS) is 20.4. The molecule has 0 bridgehead atoms. The van der Waals surface area contributed by atoms with E-state index >= 15 is 0 Å². The molecule has 1 amide bonds. The van der Waals surface area contributed by atoms with Crippen molar-refractivity contribution in [3.8, 4) is 0 Å². The Kier molecular flexibility index (Phi) is 3.45. The van der Waals surface area contributed by atoms with Gasteiger partial charge in [-0.2, -0.15) is 5.06 Å². The van der Waals surface area contributed by atoms with Crippen molar-refractivity contribution in [2.24, 2.45) is 5.92 Å². The Morgan fingerprint density at radius 3 is 2.76 bits per heavy atom. The number of para-hydroxylation sites is 1. The standard InChI is InChI=1S/C13H17NO3/c1-9(2)12-7-13(16)14(17-12)11-6-4-3-5-10(11)8-15/h3-6,9,12,15H,7-8H2,1-2H3. The van der Waals surface area contributed by atoms with E-state index < -0.39 is 0 Å². The Bertz CT molecular complexity index is 417. The van der Waals surface area contributed by atoms with Crippen molar-refractivity contribution in [1.82, 2.24) is 0 Å². The van der Waals surface area contributed by atoms with Crippen LogP contribution in [0.4, 0.5) is 5.69 Å². The SMILES string of the molecule is CC(C)C1CC(=O)N(c2ccccc2CO)O1. The molecule has 1 heterocycles. The van der Waals surface area contributed by atoms with Crippen LogP contribution in [0.2, 0.25) is 0 Å². The van der Waals surface area contributed by atoms with Crippen molar-refractivity contribution in [2.45, 2.75) is 33.0 Å². The summed E-state index contributed by atoms with van der Waals surface area (Å²) in [6.45, 7) is 3.95. The highest BCUT2D eigenvalue weighted by atomic mass is 16.7. The van der Waals surface area contributed by atoms with Crippen LogP contribution < -0.4 is 5.06 Å². The molecule has 4 heteroatoms. The van der Waals surface area contributed by atoms with Gasteiger partial charge in [-0.3, -0.25) is 9.63 Å². The van der Waals surface area contributed by atoms with Crippen molar-refractivity contribution < 1.29 is 14.7 Å². The second-order valence-electron chi connectivity index (χ2n) is 4.57. The van der Waals surface area contributed by atoms with Crippen LogP contribution in [0.25, 0.3) is 0 Å². The van der Waals surface area contributed by atoms with Crippen LogP contribution in [0.5, 0.6) is 0 Å². The summed E-state index contributed by atoms with van der Waals surface area (Å²) in [5.41, 5.74) is 1.34. The molecule has 0 aliphatic carbocycles. The Hall–Kier alpha value is -1.39. The minimum absolute atomic E-state index is 0.0513. The molecule has 2 rings (SSSR count). The number of benzene rings is 1. The highest BCUT2D eigenvalue weighted by molar-refractivity contribution is 5.94. The van der Waals surface area contributed by atoms with E-state index in [1.54, 1.807) is 12.1 Å². The first-order valence-electron chi connectivity index (χ1n) is 5.82. The molecule has 17 heavy (non-hydrogen) atoms. The maximum Gasteiger partial charge on any atom is 0.253 e. The summed E-state index contributed by atoms with van der Waals surface area (Å²) in [7, 11) is 0. The summed E-state index contributed by atoms with van der Waals surface area (Å²) in [4.78, 5) is 17.5. The summed E-state index contributed by atoms with van der Waals surface area (Å²) in [5, 5.41) is 10.6. The third kappa shape index (κ3) is 2.33. The number of hydroxylamine groups is 1. The zero-order chi connectivity index (χ0) is 12.4. The van der Waals surface area contributed by atoms with E-state index in [-0.39, 0.29) is 18.6 Å². The van der Waals surface area contributed by atoms with Crippen molar-refractivity contribution >= 4 is 11.6 Å². The summed E-state index contributed by atoms with van der Waals surface area (Å²) in [5.74, 6) is 0.245. The molecule has 92 valence electrons. The van der Waals surface area contributed by atoms with Crippen molar-refractivity contribution in [3.05, 3.63) is 29.8 Å². The monoisotopic (exact) mass is 235 g/mol. The molecule has 1 aromatic rings. The molecule has 0 saturated carbocycles. The third-order valence-electron chi connectivity index (χ3n) is 2.97. The van der Waals surface area contributed by atoms with Crippen LogP contribution >= 0.6 is 0 Å². The molecule has 1 N–H and O–H groups in total. The fourth-order valence-electron chi connectivity index (χ4n) is 1.88. The first-order valence-corrected chi connectivity index (χ1v) is 5.82. The van der Waals surface area contributed by atoms with Crippen LogP contribution in [-0.4, -0.2) is 17.1 Å². The summed E-state index contributed by atoms with van der Waals surface area (Å²) in [6.07, 6.45) is 0.325. The number of hydrogen-bond donors (Lipinski definition) is 1. The van der Waals surface area contributed by atoms with Crippen LogP contribution in [0.1, 0.15) is 25.8 Å². The molecule has 1 fully saturated rings. The second-order valence-corrected chi connectivity index (χ2v) is 4.57. The van der Waals surface area contributed by atoms with Gasteiger partial charge in [0.15, 0.2) is 0 Å². The van der Waals surface area contributed by atoms with Gasteiger partial charge < -0.3 is 5.11 Å². The predicted molar refractivity (Wildman–Crippen MR) is 64.2 cm³/mol. The molecule has 0 aromatic heterocycles. The smallest absolute Gasteiger partial charge is 0.253 e. The van der Waals surface area contributed by atoms with Gasteiger partial charge in [0.1, 0.15) is 0 Å². The number of anilines is 1. The van der Waals surface area contributed by atoms with Gasteiger partial charge in [0, 0.05) is 5.56 Å². The van der Waals surface area contributed by atoms with E-state index in [1.165, 1.54) is 5.06 Å². The predicted octanol–water partition coefficient (Wildman–Crippen LogP) is 1.87. The van der Waals surface area contributed by atoms with E-state index in [0.717, 1.165) is 0 Å². The number of amides is 1. The van der Waals surface area contributed by atoms with Crippen molar-refractivity contribution in [3.63, 3.8) is 0 Å². The highest BCUT2D eigenvalue weighted by Gasteiger charge is 2.34. The Morgan fingerprint density at radius 2 is 2.18 bits per heavy atom. The number of aliphatic hydroxyl groups excluding tert-OH is 1. The number of rotatable bonds is 3. The first kappa shape index (κ1) is 12.1. The van der Waals surface area contributed by atoms with Gasteiger partial charge in [-0.1, -0.05) is 32.0 Å². The van der Waals surface area contributed by atoms with E-state index in [2.05, 4.69) is 0 Å². The zero-order valence-corrected chi connectivity index (χ0v) is 10.1. The van der Waals surface area contributed by atoms with E-state index in [9.17, 15) is 9.90 Å². The molecule has 1 aliphatic rings. The van der Waals surface area contributed by atoms with Crippen molar-refractivity contribution in [1.29, 1.82) is 0 Å². The van der Waals surface area contributed by atoms with Gasteiger partial charge in [-0.05, 0) is 12.0 Å². The summed E-state index contributed by atoms with van der Waals surface area (Å²) in [6, 6.07) is 7.23. The van der Waals surface area contributed by atoms with Gasteiger partial charge in [0.2, 0.25) is 0 Å². The molecule has 0 radical (unpaired) electrons. The molecular formula is C13H17NO3. The maximum atomic E-state index is 11.9. The van der Waals surface area contributed by atoms with E-state index in [0.29, 0.717) is 23.6 Å². The van der Waals surface area contributed by atoms with E-state index in [4.69, 9.17) is 4.84 Å². The van der Waals surface area contributed by atoms with Gasteiger partial charge in [0.05, 0.1) is 24.8 Å². The molecule has 1 unspecified atom stereocenters. The number of carbonyl (C=O) groups excluding carboxylic acids is 1. The molecule has 1 atom stereocenters. The molecule has 1 aromatic carbocycles. The fourth-order valence-corrected chi connectivity index (χ4v) is 1.88. The second kappa shape index (κ2) is 4.85. The van der Waals surface area contributed by atoms with Crippen LogP contribution in [0, 0.1) is 5.92 Å². The molecule has 1 aliphatic heterocycles. The maximum absolute atomic E-state index is 11.9. The summed E-state index contributed by atoms with van der Waals surface area (Å²) < 4.78 is 0. The third-order valence-corrected chi connectivity index (χ3v) is 2.97. The lowest BCUT2D eigenvalue weighted by Crippen LogP contribution is -2.25. The largest absolute Gasteiger partial charge is 0.392 e. The Morgan fingerprint density at radius 1 is 1.47 bits per heavy atom. The van der Waals surface area contributed by atoms with Crippen LogP contribution in [0.3, 0.4) is 0 Å². The average Bonchev–Trinajstić information content (AvgIpc) is 2.71. The number of nitrogens with zero attached hydrogens (tertiary/aromatic N) is 1.